The van der Waals surface area contributed by atoms with Gasteiger partial charge in [-0.3, -0.25) is 4.79 Å². The Morgan fingerprint density at radius 3 is 2.38 bits per heavy atom. The molecule has 1 fully saturated rings. The molecule has 0 radical (unpaired) electrons. The van der Waals surface area contributed by atoms with E-state index in [1.807, 2.05) is 6.92 Å². The number of ether oxygens (including phenoxy) is 1. The van der Waals surface area contributed by atoms with Crippen molar-refractivity contribution < 1.29 is 22.7 Å². The van der Waals surface area contributed by atoms with Gasteiger partial charge in [-0.05, 0) is 30.7 Å². The maximum absolute atomic E-state index is 12.4. The summed E-state index contributed by atoms with van der Waals surface area (Å²) in [7, 11) is 0. The molecule has 1 saturated heterocycles. The highest BCUT2D eigenvalue weighted by molar-refractivity contribution is 5.94. The van der Waals surface area contributed by atoms with Crippen molar-refractivity contribution in [3.63, 3.8) is 0 Å². The molecule has 2 rings (SSSR count). The van der Waals surface area contributed by atoms with Crippen LogP contribution >= 0.6 is 0 Å². The molecule has 7 heteroatoms. The van der Waals surface area contributed by atoms with Gasteiger partial charge in [0, 0.05) is 25.2 Å². The highest BCUT2D eigenvalue weighted by Gasteiger charge is 2.31. The summed E-state index contributed by atoms with van der Waals surface area (Å²) in [5, 5.41) is 3.10. The van der Waals surface area contributed by atoms with Crippen LogP contribution in [0, 0.1) is 0 Å². The molecule has 1 N–H and O–H groups in total. The number of amides is 1. The van der Waals surface area contributed by atoms with Crippen molar-refractivity contribution in [3.05, 3.63) is 29.8 Å². The quantitative estimate of drug-likeness (QED) is 0.908. The van der Waals surface area contributed by atoms with E-state index in [1.54, 1.807) is 4.90 Å². The van der Waals surface area contributed by atoms with Crippen LogP contribution in [-0.4, -0.2) is 42.8 Å². The van der Waals surface area contributed by atoms with Crippen molar-refractivity contribution in [3.8, 4) is 5.75 Å². The van der Waals surface area contributed by atoms with E-state index < -0.39 is 6.36 Å². The fraction of sp³-hybridized carbons (Fsp3) is 0.500. The molecule has 0 bridgehead atoms. The summed E-state index contributed by atoms with van der Waals surface area (Å²) < 4.78 is 40.0. The number of halogens is 3. The van der Waals surface area contributed by atoms with E-state index in [0.717, 1.165) is 31.6 Å². The standard InChI is InChI=1S/C14H17F3N2O2/c1-2-7-19(11-8-18-9-11)13(20)10-3-5-12(6-4-10)21-14(15,16)17/h3-6,11,18H,2,7-9H2,1H3. The number of nitrogens with one attached hydrogen (secondary N) is 1. The summed E-state index contributed by atoms with van der Waals surface area (Å²) in [5.41, 5.74) is 0.366. The summed E-state index contributed by atoms with van der Waals surface area (Å²) >= 11 is 0. The van der Waals surface area contributed by atoms with Crippen LogP contribution in [0.2, 0.25) is 0 Å². The number of carbonyl (C=O) groups is 1. The van der Waals surface area contributed by atoms with Crippen molar-refractivity contribution in [1.29, 1.82) is 0 Å². The summed E-state index contributed by atoms with van der Waals surface area (Å²) in [6.45, 7) is 4.11. The monoisotopic (exact) mass is 302 g/mol. The number of nitrogens with zero attached hydrogens (tertiary/aromatic N) is 1. The molecule has 116 valence electrons. The highest BCUT2D eigenvalue weighted by Crippen LogP contribution is 2.23. The first-order valence-electron chi connectivity index (χ1n) is 6.78. The number of carbonyl (C=O) groups excluding carboxylic acids is 1. The Labute approximate surface area is 120 Å². The molecule has 0 saturated carbocycles. The molecular formula is C14H17F3N2O2. The predicted octanol–water partition coefficient (Wildman–Crippen LogP) is 2.41. The van der Waals surface area contributed by atoms with Crippen molar-refractivity contribution in [2.45, 2.75) is 25.7 Å². The molecule has 21 heavy (non-hydrogen) atoms. The first-order valence-corrected chi connectivity index (χ1v) is 6.78. The lowest BCUT2D eigenvalue weighted by Crippen LogP contribution is -2.59. The SMILES string of the molecule is CCCN(C(=O)c1ccc(OC(F)(F)F)cc1)C1CNC1. The zero-order valence-electron chi connectivity index (χ0n) is 11.6. The first-order chi connectivity index (χ1) is 9.90. The van der Waals surface area contributed by atoms with Gasteiger partial charge < -0.3 is 15.0 Å². The minimum Gasteiger partial charge on any atom is -0.406 e. The molecular weight excluding hydrogens is 285 g/mol. The molecule has 0 atom stereocenters. The molecule has 1 aromatic carbocycles. The van der Waals surface area contributed by atoms with Gasteiger partial charge in [-0.2, -0.15) is 0 Å². The number of benzene rings is 1. The van der Waals surface area contributed by atoms with Crippen LogP contribution in [0.5, 0.6) is 5.75 Å². The molecule has 1 aliphatic rings. The average molecular weight is 302 g/mol. The van der Waals surface area contributed by atoms with Crippen LogP contribution < -0.4 is 10.1 Å². The van der Waals surface area contributed by atoms with Gasteiger partial charge in [-0.25, -0.2) is 0 Å². The third-order valence-electron chi connectivity index (χ3n) is 3.26. The van der Waals surface area contributed by atoms with Crippen molar-refractivity contribution in [1.82, 2.24) is 10.2 Å². The Hall–Kier alpha value is -1.76. The Balaban J connectivity index is 2.07. The first kappa shape index (κ1) is 15.6. The van der Waals surface area contributed by atoms with Crippen LogP contribution in [-0.2, 0) is 0 Å². The van der Waals surface area contributed by atoms with E-state index in [2.05, 4.69) is 10.1 Å². The highest BCUT2D eigenvalue weighted by atomic mass is 19.4. The van der Waals surface area contributed by atoms with E-state index in [9.17, 15) is 18.0 Å². The molecule has 4 nitrogen and oxygen atoms in total. The van der Waals surface area contributed by atoms with Gasteiger partial charge in [-0.15, -0.1) is 13.2 Å². The van der Waals surface area contributed by atoms with Gasteiger partial charge in [0.05, 0.1) is 6.04 Å². The van der Waals surface area contributed by atoms with Gasteiger partial charge in [0.15, 0.2) is 0 Å². The number of alkyl halides is 3. The third-order valence-corrected chi connectivity index (χ3v) is 3.26. The summed E-state index contributed by atoms with van der Waals surface area (Å²) in [6, 6.07) is 5.19. The van der Waals surface area contributed by atoms with Gasteiger partial charge in [-0.1, -0.05) is 6.92 Å². The lowest BCUT2D eigenvalue weighted by atomic mass is 10.1. The lowest BCUT2D eigenvalue weighted by molar-refractivity contribution is -0.274. The topological polar surface area (TPSA) is 41.6 Å². The van der Waals surface area contributed by atoms with Crippen LogP contribution in [0.3, 0.4) is 0 Å². The summed E-state index contributed by atoms with van der Waals surface area (Å²) in [6.07, 6.45) is -3.89. The Morgan fingerprint density at radius 2 is 1.95 bits per heavy atom. The van der Waals surface area contributed by atoms with Crippen LogP contribution in [0.4, 0.5) is 13.2 Å². The minimum atomic E-state index is -4.72. The molecule has 0 unspecified atom stereocenters. The van der Waals surface area contributed by atoms with Gasteiger partial charge in [0.25, 0.3) is 5.91 Å². The predicted molar refractivity (Wildman–Crippen MR) is 71.1 cm³/mol. The Bertz CT molecular complexity index is 484. The Morgan fingerprint density at radius 1 is 1.33 bits per heavy atom. The second kappa shape index (κ2) is 6.34. The smallest absolute Gasteiger partial charge is 0.406 e. The second-order valence-electron chi connectivity index (χ2n) is 4.88. The number of rotatable bonds is 5. The van der Waals surface area contributed by atoms with E-state index in [1.165, 1.54) is 12.1 Å². The Kier molecular flexibility index (Phi) is 4.72. The van der Waals surface area contributed by atoms with Crippen LogP contribution in [0.15, 0.2) is 24.3 Å². The second-order valence-corrected chi connectivity index (χ2v) is 4.88. The summed E-state index contributed by atoms with van der Waals surface area (Å²) in [4.78, 5) is 14.2. The zero-order chi connectivity index (χ0) is 15.5. The average Bonchev–Trinajstić information content (AvgIpc) is 2.34. The zero-order valence-corrected chi connectivity index (χ0v) is 11.6. The summed E-state index contributed by atoms with van der Waals surface area (Å²) in [5.74, 6) is -0.492. The molecule has 1 aliphatic heterocycles. The molecule has 0 spiro atoms. The van der Waals surface area contributed by atoms with Gasteiger partial charge in [0.2, 0.25) is 0 Å². The maximum Gasteiger partial charge on any atom is 0.573 e. The van der Waals surface area contributed by atoms with E-state index >= 15 is 0 Å². The lowest BCUT2D eigenvalue weighted by Gasteiger charge is -2.38. The minimum absolute atomic E-state index is 0.156. The fourth-order valence-electron chi connectivity index (χ4n) is 2.15. The fourth-order valence-corrected chi connectivity index (χ4v) is 2.15. The van der Waals surface area contributed by atoms with Crippen LogP contribution in [0.1, 0.15) is 23.7 Å². The molecule has 0 aliphatic carbocycles. The van der Waals surface area contributed by atoms with E-state index in [-0.39, 0.29) is 17.7 Å². The van der Waals surface area contributed by atoms with Gasteiger partial charge in [0.1, 0.15) is 5.75 Å². The van der Waals surface area contributed by atoms with E-state index in [0.29, 0.717) is 12.1 Å². The molecule has 0 aromatic heterocycles. The normalized spacial score (nSPS) is 15.4. The van der Waals surface area contributed by atoms with E-state index in [4.69, 9.17) is 0 Å². The third kappa shape index (κ3) is 4.10. The van der Waals surface area contributed by atoms with Crippen LogP contribution in [0.25, 0.3) is 0 Å². The van der Waals surface area contributed by atoms with Gasteiger partial charge >= 0.3 is 6.36 Å². The maximum atomic E-state index is 12.4. The molecule has 1 aromatic rings. The number of hydrogen-bond donors (Lipinski definition) is 1. The van der Waals surface area contributed by atoms with Crippen molar-refractivity contribution >= 4 is 5.91 Å². The largest absolute Gasteiger partial charge is 0.573 e. The van der Waals surface area contributed by atoms with Crippen molar-refractivity contribution in [2.75, 3.05) is 19.6 Å². The molecule has 1 amide bonds. The number of hydrogen-bond acceptors (Lipinski definition) is 3. The van der Waals surface area contributed by atoms with Crippen molar-refractivity contribution in [2.24, 2.45) is 0 Å². The molecule has 1 heterocycles.